The maximum Gasteiger partial charge on any atom is 0.339 e. The van der Waals surface area contributed by atoms with Crippen LogP contribution in [0.5, 0.6) is 0 Å². The van der Waals surface area contributed by atoms with E-state index in [1.54, 1.807) is 24.3 Å². The molecule has 0 unspecified atom stereocenters. The minimum Gasteiger partial charge on any atom is -0.452 e. The lowest BCUT2D eigenvalue weighted by Crippen LogP contribution is -2.36. The molecule has 2 rings (SSSR count). The van der Waals surface area contributed by atoms with Crippen molar-refractivity contribution >= 4 is 35.5 Å². The highest BCUT2D eigenvalue weighted by molar-refractivity contribution is 8.00. The minimum absolute atomic E-state index is 0.0431. The summed E-state index contributed by atoms with van der Waals surface area (Å²) in [5.41, 5.74) is 5.20. The zero-order valence-electron chi connectivity index (χ0n) is 14.2. The van der Waals surface area contributed by atoms with Crippen LogP contribution < -0.4 is 11.1 Å². The van der Waals surface area contributed by atoms with E-state index in [1.807, 2.05) is 4.90 Å². The van der Waals surface area contributed by atoms with Crippen LogP contribution in [0.1, 0.15) is 23.2 Å². The van der Waals surface area contributed by atoms with Gasteiger partial charge in [-0.1, -0.05) is 12.1 Å². The Morgan fingerprint density at radius 1 is 1.15 bits per heavy atom. The Labute approximate surface area is 155 Å². The fourth-order valence-electron chi connectivity index (χ4n) is 2.40. The van der Waals surface area contributed by atoms with E-state index in [9.17, 15) is 19.2 Å². The van der Waals surface area contributed by atoms with Crippen molar-refractivity contribution in [1.82, 2.24) is 10.2 Å². The number of likely N-dealkylation sites (tertiary alicyclic amines) is 1. The van der Waals surface area contributed by atoms with E-state index < -0.39 is 24.4 Å². The predicted octanol–water partition coefficient (Wildman–Crippen LogP) is 0.159. The zero-order chi connectivity index (χ0) is 18.9. The summed E-state index contributed by atoms with van der Waals surface area (Å²) in [4.78, 5) is 48.9. The summed E-state index contributed by atoms with van der Waals surface area (Å²) < 4.78 is 4.96. The van der Waals surface area contributed by atoms with Gasteiger partial charge in [0, 0.05) is 18.0 Å². The number of hydrogen-bond donors (Lipinski definition) is 2. The molecule has 1 fully saturated rings. The molecule has 3 amide bonds. The van der Waals surface area contributed by atoms with Crippen molar-refractivity contribution in [3.05, 3.63) is 29.8 Å². The Bertz CT molecular complexity index is 689. The summed E-state index contributed by atoms with van der Waals surface area (Å²) in [6.07, 6.45) is 2.05. The molecule has 26 heavy (non-hydrogen) atoms. The fraction of sp³-hybridized carbons (Fsp3) is 0.412. The van der Waals surface area contributed by atoms with Crippen molar-refractivity contribution in [2.24, 2.45) is 5.73 Å². The summed E-state index contributed by atoms with van der Waals surface area (Å²) >= 11 is 1.26. The quantitative estimate of drug-likeness (QED) is 0.491. The molecule has 140 valence electrons. The number of nitrogens with zero attached hydrogens (tertiary/aromatic N) is 1. The molecule has 3 N–H and O–H groups in total. The van der Waals surface area contributed by atoms with Gasteiger partial charge >= 0.3 is 5.97 Å². The number of carbonyl (C=O) groups excluding carboxylic acids is 4. The Balaban J connectivity index is 1.88. The maximum absolute atomic E-state index is 12.2. The molecule has 0 aliphatic carbocycles. The SMILES string of the molecule is NC(=O)CNC(=O)COC(=O)c1ccccc1SCC(=O)N1CCCC1. The first-order valence-corrected chi connectivity index (χ1v) is 9.17. The second-order valence-corrected chi connectivity index (χ2v) is 6.71. The molecule has 1 aromatic carbocycles. The molecule has 8 nitrogen and oxygen atoms in total. The number of esters is 1. The van der Waals surface area contributed by atoms with Gasteiger partial charge in [0.1, 0.15) is 0 Å². The number of amides is 3. The molecule has 9 heteroatoms. The zero-order valence-corrected chi connectivity index (χ0v) is 15.0. The Morgan fingerprint density at radius 3 is 2.54 bits per heavy atom. The number of benzene rings is 1. The van der Waals surface area contributed by atoms with E-state index in [0.717, 1.165) is 25.9 Å². The normalized spacial score (nSPS) is 13.3. The molecule has 0 atom stereocenters. The third kappa shape index (κ3) is 6.07. The van der Waals surface area contributed by atoms with Crippen molar-refractivity contribution in [1.29, 1.82) is 0 Å². The number of ether oxygens (including phenoxy) is 1. The number of nitrogens with two attached hydrogens (primary N) is 1. The first-order chi connectivity index (χ1) is 12.5. The molecule has 0 saturated carbocycles. The average molecular weight is 379 g/mol. The lowest BCUT2D eigenvalue weighted by atomic mass is 10.2. The number of hydrogen-bond acceptors (Lipinski definition) is 6. The summed E-state index contributed by atoms with van der Waals surface area (Å²) in [7, 11) is 0. The van der Waals surface area contributed by atoms with Gasteiger partial charge in [0.25, 0.3) is 5.91 Å². The smallest absolute Gasteiger partial charge is 0.339 e. The maximum atomic E-state index is 12.2. The molecule has 1 aliphatic rings. The second kappa shape index (κ2) is 9.81. The first-order valence-electron chi connectivity index (χ1n) is 8.19. The standard InChI is InChI=1S/C17H21N3O5S/c18-14(21)9-19-15(22)10-25-17(24)12-5-1-2-6-13(12)26-11-16(23)20-7-3-4-8-20/h1-2,5-6H,3-4,7-11H2,(H2,18,21)(H,19,22). The topological polar surface area (TPSA) is 119 Å². The van der Waals surface area contributed by atoms with Gasteiger partial charge in [0.15, 0.2) is 6.61 Å². The van der Waals surface area contributed by atoms with E-state index in [2.05, 4.69) is 5.32 Å². The first kappa shape index (κ1) is 19.8. The van der Waals surface area contributed by atoms with Crippen LogP contribution >= 0.6 is 11.8 Å². The third-order valence-corrected chi connectivity index (χ3v) is 4.77. The van der Waals surface area contributed by atoms with Crippen molar-refractivity contribution < 1.29 is 23.9 Å². The minimum atomic E-state index is -0.686. The predicted molar refractivity (Wildman–Crippen MR) is 95.5 cm³/mol. The summed E-state index contributed by atoms with van der Waals surface area (Å²) in [5.74, 6) is -1.69. The number of carbonyl (C=O) groups is 4. The van der Waals surface area contributed by atoms with Gasteiger partial charge < -0.3 is 20.7 Å². The van der Waals surface area contributed by atoms with Crippen LogP contribution in [-0.4, -0.2) is 60.6 Å². The largest absolute Gasteiger partial charge is 0.452 e. The van der Waals surface area contributed by atoms with E-state index in [4.69, 9.17) is 10.5 Å². The third-order valence-electron chi connectivity index (χ3n) is 3.71. The van der Waals surface area contributed by atoms with Crippen LogP contribution in [0.15, 0.2) is 29.2 Å². The van der Waals surface area contributed by atoms with E-state index >= 15 is 0 Å². The highest BCUT2D eigenvalue weighted by Crippen LogP contribution is 2.24. The second-order valence-electron chi connectivity index (χ2n) is 5.69. The van der Waals surface area contributed by atoms with Gasteiger partial charge in [-0.05, 0) is 25.0 Å². The fourth-order valence-corrected chi connectivity index (χ4v) is 3.35. The summed E-state index contributed by atoms with van der Waals surface area (Å²) in [6.45, 7) is 0.728. The van der Waals surface area contributed by atoms with Gasteiger partial charge in [-0.25, -0.2) is 4.79 Å². The van der Waals surface area contributed by atoms with Gasteiger partial charge in [-0.2, -0.15) is 0 Å². The molecule has 1 aliphatic heterocycles. The molecular formula is C17H21N3O5S. The summed E-state index contributed by atoms with van der Waals surface area (Å²) in [5, 5.41) is 2.23. The van der Waals surface area contributed by atoms with Crippen molar-refractivity contribution in [2.75, 3.05) is 32.0 Å². The van der Waals surface area contributed by atoms with Gasteiger partial charge in [0.2, 0.25) is 11.8 Å². The summed E-state index contributed by atoms with van der Waals surface area (Å²) in [6, 6.07) is 6.74. The van der Waals surface area contributed by atoms with Crippen LogP contribution in [0.4, 0.5) is 0 Å². The average Bonchev–Trinajstić information content (AvgIpc) is 3.17. The van der Waals surface area contributed by atoms with Gasteiger partial charge in [-0.3, -0.25) is 14.4 Å². The van der Waals surface area contributed by atoms with Crippen molar-refractivity contribution in [2.45, 2.75) is 17.7 Å². The van der Waals surface area contributed by atoms with Gasteiger partial charge in [-0.15, -0.1) is 11.8 Å². The van der Waals surface area contributed by atoms with Crippen LogP contribution in [0.25, 0.3) is 0 Å². The number of primary amides is 1. The van der Waals surface area contributed by atoms with E-state index in [0.29, 0.717) is 4.90 Å². The highest BCUT2D eigenvalue weighted by atomic mass is 32.2. The lowest BCUT2D eigenvalue weighted by Gasteiger charge is -2.15. The Kier molecular flexibility index (Phi) is 7.46. The van der Waals surface area contributed by atoms with Gasteiger partial charge in [0.05, 0.1) is 17.9 Å². The monoisotopic (exact) mass is 379 g/mol. The lowest BCUT2D eigenvalue weighted by molar-refractivity contribution is -0.127. The van der Waals surface area contributed by atoms with E-state index in [1.165, 1.54) is 11.8 Å². The van der Waals surface area contributed by atoms with Crippen LogP contribution in [0.2, 0.25) is 0 Å². The van der Waals surface area contributed by atoms with Crippen LogP contribution in [0, 0.1) is 0 Å². The van der Waals surface area contributed by atoms with Crippen LogP contribution in [-0.2, 0) is 19.1 Å². The highest BCUT2D eigenvalue weighted by Gasteiger charge is 2.20. The van der Waals surface area contributed by atoms with E-state index in [-0.39, 0.29) is 23.8 Å². The molecule has 1 heterocycles. The molecule has 0 aromatic heterocycles. The Hall–Kier alpha value is -2.55. The molecule has 1 aromatic rings. The molecule has 0 bridgehead atoms. The van der Waals surface area contributed by atoms with Crippen molar-refractivity contribution in [3.63, 3.8) is 0 Å². The molecule has 0 spiro atoms. The molecule has 1 saturated heterocycles. The number of nitrogens with one attached hydrogen (secondary N) is 1. The molecular weight excluding hydrogens is 358 g/mol. The Morgan fingerprint density at radius 2 is 1.85 bits per heavy atom. The van der Waals surface area contributed by atoms with Crippen molar-refractivity contribution in [3.8, 4) is 0 Å². The number of rotatable bonds is 8. The molecule has 0 radical (unpaired) electrons. The van der Waals surface area contributed by atoms with Crippen LogP contribution in [0.3, 0.4) is 0 Å². The number of thioether (sulfide) groups is 1.